The molecule has 0 saturated carbocycles. The van der Waals surface area contributed by atoms with Crippen molar-refractivity contribution < 1.29 is 13.9 Å². The van der Waals surface area contributed by atoms with Crippen LogP contribution in [0.2, 0.25) is 0 Å². The van der Waals surface area contributed by atoms with E-state index in [1.54, 1.807) is 6.07 Å². The number of rotatable bonds is 8. The number of carbonyl (C=O) groups excluding carboxylic acids is 1. The zero-order chi connectivity index (χ0) is 20.6. The molecule has 0 bridgehead atoms. The van der Waals surface area contributed by atoms with Gasteiger partial charge in [-0.15, -0.1) is 0 Å². The van der Waals surface area contributed by atoms with Gasteiger partial charge in [-0.25, -0.2) is 4.39 Å². The molecular formula is C24H31FN2O2. The first-order chi connectivity index (χ1) is 14.0. The molecule has 0 spiro atoms. The quantitative estimate of drug-likeness (QED) is 0.672. The molecule has 1 heterocycles. The summed E-state index contributed by atoms with van der Waals surface area (Å²) in [7, 11) is 0. The molecule has 5 heteroatoms. The molecule has 0 atom stereocenters. The van der Waals surface area contributed by atoms with E-state index in [0.29, 0.717) is 31.2 Å². The predicted octanol–water partition coefficient (Wildman–Crippen LogP) is 4.36. The minimum atomic E-state index is -0.161. The van der Waals surface area contributed by atoms with Crippen molar-refractivity contribution in [2.75, 3.05) is 26.2 Å². The Kier molecular flexibility index (Phi) is 7.64. The van der Waals surface area contributed by atoms with Gasteiger partial charge in [-0.3, -0.25) is 9.69 Å². The van der Waals surface area contributed by atoms with Crippen LogP contribution in [0.4, 0.5) is 4.39 Å². The maximum atomic E-state index is 13.8. The van der Waals surface area contributed by atoms with Crippen molar-refractivity contribution in [2.45, 2.75) is 39.2 Å². The van der Waals surface area contributed by atoms with Crippen LogP contribution in [-0.2, 0) is 11.3 Å². The molecule has 29 heavy (non-hydrogen) atoms. The topological polar surface area (TPSA) is 41.6 Å². The number of nitrogens with zero attached hydrogens (tertiary/aromatic N) is 1. The first-order valence-corrected chi connectivity index (χ1v) is 10.5. The molecule has 1 aliphatic rings. The monoisotopic (exact) mass is 398 g/mol. The highest BCUT2D eigenvalue weighted by Crippen LogP contribution is 2.25. The van der Waals surface area contributed by atoms with Gasteiger partial charge in [-0.05, 0) is 49.5 Å². The van der Waals surface area contributed by atoms with Gasteiger partial charge in [0.15, 0.2) is 0 Å². The van der Waals surface area contributed by atoms with Gasteiger partial charge in [-0.1, -0.05) is 50.2 Å². The lowest BCUT2D eigenvalue weighted by Crippen LogP contribution is -2.41. The molecule has 1 fully saturated rings. The SMILES string of the molecule is CC(C)c1ccccc1OCCNC(=O)C1CCN(Cc2ccccc2F)CC1. The van der Waals surface area contributed by atoms with Crippen molar-refractivity contribution in [3.8, 4) is 5.75 Å². The van der Waals surface area contributed by atoms with E-state index in [0.717, 1.165) is 31.7 Å². The normalized spacial score (nSPS) is 15.4. The molecule has 1 saturated heterocycles. The molecular weight excluding hydrogens is 367 g/mol. The molecule has 3 rings (SSSR count). The average Bonchev–Trinajstić information content (AvgIpc) is 2.73. The molecule has 1 N–H and O–H groups in total. The Balaban J connectivity index is 1.38. The average molecular weight is 399 g/mol. The Morgan fingerprint density at radius 1 is 1.14 bits per heavy atom. The van der Waals surface area contributed by atoms with E-state index in [1.807, 2.05) is 30.3 Å². The Morgan fingerprint density at radius 2 is 1.83 bits per heavy atom. The summed E-state index contributed by atoms with van der Waals surface area (Å²) in [6.45, 7) is 7.47. The fourth-order valence-corrected chi connectivity index (χ4v) is 3.79. The third kappa shape index (κ3) is 6.04. The summed E-state index contributed by atoms with van der Waals surface area (Å²) >= 11 is 0. The molecule has 0 radical (unpaired) electrons. The number of benzene rings is 2. The lowest BCUT2D eigenvalue weighted by molar-refractivity contribution is -0.126. The lowest BCUT2D eigenvalue weighted by atomic mass is 9.95. The van der Waals surface area contributed by atoms with Crippen molar-refractivity contribution in [3.05, 3.63) is 65.5 Å². The Labute approximate surface area is 173 Å². The number of likely N-dealkylation sites (tertiary alicyclic amines) is 1. The fraction of sp³-hybridized carbons (Fsp3) is 0.458. The maximum Gasteiger partial charge on any atom is 0.223 e. The van der Waals surface area contributed by atoms with E-state index < -0.39 is 0 Å². The van der Waals surface area contributed by atoms with Crippen molar-refractivity contribution in [2.24, 2.45) is 5.92 Å². The highest BCUT2D eigenvalue weighted by Gasteiger charge is 2.25. The van der Waals surface area contributed by atoms with Crippen LogP contribution >= 0.6 is 0 Å². The van der Waals surface area contributed by atoms with Gasteiger partial charge in [0.25, 0.3) is 0 Å². The van der Waals surface area contributed by atoms with Crippen LogP contribution in [-0.4, -0.2) is 37.0 Å². The number of carbonyl (C=O) groups is 1. The van der Waals surface area contributed by atoms with E-state index in [-0.39, 0.29) is 17.6 Å². The zero-order valence-corrected chi connectivity index (χ0v) is 17.4. The first kappa shape index (κ1) is 21.3. The number of ether oxygens (including phenoxy) is 1. The van der Waals surface area contributed by atoms with Gasteiger partial charge in [0, 0.05) is 18.0 Å². The lowest BCUT2D eigenvalue weighted by Gasteiger charge is -2.31. The van der Waals surface area contributed by atoms with Crippen LogP contribution in [0.25, 0.3) is 0 Å². The third-order valence-electron chi connectivity index (χ3n) is 5.51. The van der Waals surface area contributed by atoms with Crippen LogP contribution in [0.3, 0.4) is 0 Å². The molecule has 4 nitrogen and oxygen atoms in total. The van der Waals surface area contributed by atoms with Gasteiger partial charge < -0.3 is 10.1 Å². The van der Waals surface area contributed by atoms with Crippen molar-refractivity contribution in [3.63, 3.8) is 0 Å². The number of nitrogens with one attached hydrogen (secondary N) is 1. The van der Waals surface area contributed by atoms with Gasteiger partial charge in [0.2, 0.25) is 5.91 Å². The second-order valence-electron chi connectivity index (χ2n) is 7.97. The van der Waals surface area contributed by atoms with Crippen LogP contribution < -0.4 is 10.1 Å². The predicted molar refractivity (Wildman–Crippen MR) is 113 cm³/mol. The summed E-state index contributed by atoms with van der Waals surface area (Å²) in [5, 5.41) is 3.00. The van der Waals surface area contributed by atoms with Crippen LogP contribution in [0.15, 0.2) is 48.5 Å². The zero-order valence-electron chi connectivity index (χ0n) is 17.4. The summed E-state index contributed by atoms with van der Waals surface area (Å²) < 4.78 is 19.7. The number of para-hydroxylation sites is 1. The van der Waals surface area contributed by atoms with E-state index in [1.165, 1.54) is 11.6 Å². The highest BCUT2D eigenvalue weighted by atomic mass is 19.1. The molecule has 0 aromatic heterocycles. The van der Waals surface area contributed by atoms with Gasteiger partial charge >= 0.3 is 0 Å². The van der Waals surface area contributed by atoms with Gasteiger partial charge in [-0.2, -0.15) is 0 Å². The number of amides is 1. The summed E-state index contributed by atoms with van der Waals surface area (Å²) in [4.78, 5) is 14.7. The van der Waals surface area contributed by atoms with Crippen LogP contribution in [0.5, 0.6) is 5.75 Å². The summed E-state index contributed by atoms with van der Waals surface area (Å²) in [5.74, 6) is 1.24. The number of hydrogen-bond acceptors (Lipinski definition) is 3. The maximum absolute atomic E-state index is 13.8. The first-order valence-electron chi connectivity index (χ1n) is 10.5. The standard InChI is InChI=1S/C24H31FN2O2/c1-18(2)21-8-4-6-10-23(21)29-16-13-26-24(28)19-11-14-27(15-12-19)17-20-7-3-5-9-22(20)25/h3-10,18-19H,11-17H2,1-2H3,(H,26,28). The van der Waals surface area contributed by atoms with Crippen LogP contribution in [0.1, 0.15) is 43.7 Å². The van der Waals surface area contributed by atoms with E-state index >= 15 is 0 Å². The van der Waals surface area contributed by atoms with E-state index in [4.69, 9.17) is 4.74 Å². The molecule has 2 aromatic carbocycles. The summed E-state index contributed by atoms with van der Waals surface area (Å²) in [6, 6.07) is 14.9. The van der Waals surface area contributed by atoms with Crippen LogP contribution in [0, 0.1) is 11.7 Å². The summed E-state index contributed by atoms with van der Waals surface area (Å²) in [5.41, 5.74) is 1.90. The van der Waals surface area contributed by atoms with Crippen molar-refractivity contribution >= 4 is 5.91 Å². The van der Waals surface area contributed by atoms with E-state index in [9.17, 15) is 9.18 Å². The summed E-state index contributed by atoms with van der Waals surface area (Å²) in [6.07, 6.45) is 1.61. The van der Waals surface area contributed by atoms with Crippen molar-refractivity contribution in [1.82, 2.24) is 10.2 Å². The van der Waals surface area contributed by atoms with Crippen molar-refractivity contribution in [1.29, 1.82) is 0 Å². The minimum absolute atomic E-state index is 0.0230. The molecule has 156 valence electrons. The minimum Gasteiger partial charge on any atom is -0.491 e. The second kappa shape index (κ2) is 10.4. The molecule has 1 amide bonds. The molecule has 0 aliphatic carbocycles. The Bertz CT molecular complexity index is 801. The smallest absolute Gasteiger partial charge is 0.223 e. The van der Waals surface area contributed by atoms with Gasteiger partial charge in [0.05, 0.1) is 6.54 Å². The number of halogens is 1. The number of hydrogen-bond donors (Lipinski definition) is 1. The number of piperidine rings is 1. The molecule has 1 aliphatic heterocycles. The molecule has 2 aromatic rings. The molecule has 0 unspecified atom stereocenters. The second-order valence-corrected chi connectivity index (χ2v) is 7.97. The Hall–Kier alpha value is -2.40. The Morgan fingerprint density at radius 3 is 2.55 bits per heavy atom. The highest BCUT2D eigenvalue weighted by molar-refractivity contribution is 5.78. The van der Waals surface area contributed by atoms with Gasteiger partial charge in [0.1, 0.15) is 18.2 Å². The largest absolute Gasteiger partial charge is 0.491 e. The van der Waals surface area contributed by atoms with E-state index in [2.05, 4.69) is 30.1 Å². The third-order valence-corrected chi connectivity index (χ3v) is 5.51. The fourth-order valence-electron chi connectivity index (χ4n) is 3.79.